The van der Waals surface area contributed by atoms with E-state index in [0.717, 1.165) is 24.2 Å². The summed E-state index contributed by atoms with van der Waals surface area (Å²) in [6.07, 6.45) is 5.47. The van der Waals surface area contributed by atoms with Gasteiger partial charge in [0.2, 0.25) is 7.59 Å². The first-order valence-electron chi connectivity index (χ1n) is 7.91. The van der Waals surface area contributed by atoms with Crippen LogP contribution in [0.25, 0.3) is 12.2 Å². The first kappa shape index (κ1) is 22.8. The highest BCUT2D eigenvalue weighted by Gasteiger charge is 2.33. The van der Waals surface area contributed by atoms with Crippen molar-refractivity contribution in [3.63, 3.8) is 0 Å². The van der Waals surface area contributed by atoms with Crippen LogP contribution in [-0.4, -0.2) is 21.6 Å². The minimum Gasteiger partial charge on any atom is -0.494 e. The molecule has 0 N–H and O–H groups in total. The third-order valence-corrected chi connectivity index (χ3v) is 4.25. The topological polar surface area (TPSA) is 47.9 Å². The minimum atomic E-state index is -1.88. The van der Waals surface area contributed by atoms with Gasteiger partial charge in [-0.15, -0.1) is 0 Å². The van der Waals surface area contributed by atoms with Gasteiger partial charge in [-0.05, 0) is 30.2 Å². The smallest absolute Gasteiger partial charge is 0.250 e. The number of alkyl halides is 6. The summed E-state index contributed by atoms with van der Waals surface area (Å²) in [4.78, 5) is 12.1. The Bertz CT molecular complexity index is 752. The van der Waals surface area contributed by atoms with Crippen molar-refractivity contribution in [3.8, 4) is 5.75 Å². The minimum absolute atomic E-state index is 0.136. The monoisotopic (exact) mass is 487 g/mol. The lowest BCUT2D eigenvalue weighted by atomic mass is 10.2. The maximum atomic E-state index is 5.85. The van der Waals surface area contributed by atoms with E-state index in [4.69, 9.17) is 74.3 Å². The van der Waals surface area contributed by atoms with Gasteiger partial charge < -0.3 is 4.74 Å². The molecule has 146 valence electrons. The average molecular weight is 490 g/mol. The lowest BCUT2D eigenvalue weighted by Gasteiger charge is -2.14. The predicted molar refractivity (Wildman–Crippen MR) is 114 cm³/mol. The number of halogens is 6. The fourth-order valence-corrected chi connectivity index (χ4v) is 2.41. The average Bonchev–Trinajstić information content (AvgIpc) is 2.59. The van der Waals surface area contributed by atoms with Crippen molar-refractivity contribution < 1.29 is 4.74 Å². The molecule has 4 nitrogen and oxygen atoms in total. The number of unbranched alkanes of at least 4 members (excludes halogenated alkanes) is 1. The zero-order valence-electron chi connectivity index (χ0n) is 14.1. The van der Waals surface area contributed by atoms with Crippen LogP contribution in [-0.2, 0) is 7.59 Å². The van der Waals surface area contributed by atoms with Crippen LogP contribution in [0.3, 0.4) is 0 Å². The quantitative estimate of drug-likeness (QED) is 0.328. The largest absolute Gasteiger partial charge is 0.494 e. The van der Waals surface area contributed by atoms with Crippen molar-refractivity contribution in [2.24, 2.45) is 0 Å². The molecule has 0 unspecified atom stereocenters. The second kappa shape index (κ2) is 9.82. The summed E-state index contributed by atoms with van der Waals surface area (Å²) in [5.74, 6) is 0.722. The first-order valence-corrected chi connectivity index (χ1v) is 10.2. The Hall–Kier alpha value is -0.490. The second-order valence-corrected chi connectivity index (χ2v) is 10.0. The van der Waals surface area contributed by atoms with Gasteiger partial charge in [0.15, 0.2) is 17.5 Å². The molecule has 0 atom stereocenters. The lowest BCUT2D eigenvalue weighted by molar-refractivity contribution is 0.309. The van der Waals surface area contributed by atoms with Gasteiger partial charge >= 0.3 is 0 Å². The second-order valence-electron chi connectivity index (χ2n) is 5.44. The molecule has 2 rings (SSSR count). The van der Waals surface area contributed by atoms with Crippen LogP contribution in [0.15, 0.2) is 24.3 Å². The molecule has 0 spiro atoms. The van der Waals surface area contributed by atoms with E-state index in [-0.39, 0.29) is 17.5 Å². The number of ether oxygens (including phenoxy) is 1. The van der Waals surface area contributed by atoms with Crippen molar-refractivity contribution in [1.29, 1.82) is 0 Å². The number of hydrogen-bond donors (Lipinski definition) is 0. The zero-order valence-corrected chi connectivity index (χ0v) is 18.6. The molecule has 0 radical (unpaired) electrons. The molecule has 0 amide bonds. The SMILES string of the molecule is CCCCOc1ccc(C=Cc2nc(C(Cl)(Cl)Cl)nc(C(Cl)(Cl)Cl)n2)cc1. The van der Waals surface area contributed by atoms with E-state index in [0.29, 0.717) is 6.61 Å². The van der Waals surface area contributed by atoms with Crippen molar-refractivity contribution in [3.05, 3.63) is 47.3 Å². The van der Waals surface area contributed by atoms with Gasteiger partial charge in [-0.3, -0.25) is 0 Å². The molecule has 0 bridgehead atoms. The van der Waals surface area contributed by atoms with Gasteiger partial charge in [0, 0.05) is 0 Å². The van der Waals surface area contributed by atoms with E-state index in [1.165, 1.54) is 0 Å². The molecule has 27 heavy (non-hydrogen) atoms. The fraction of sp³-hybridized carbons (Fsp3) is 0.353. The van der Waals surface area contributed by atoms with Gasteiger partial charge in [0.25, 0.3) is 0 Å². The van der Waals surface area contributed by atoms with E-state index in [2.05, 4.69) is 21.9 Å². The van der Waals surface area contributed by atoms with Gasteiger partial charge in [0.1, 0.15) is 5.75 Å². The Morgan fingerprint density at radius 2 is 1.41 bits per heavy atom. The third-order valence-electron chi connectivity index (χ3n) is 3.23. The van der Waals surface area contributed by atoms with E-state index in [9.17, 15) is 0 Å². The van der Waals surface area contributed by atoms with E-state index < -0.39 is 7.59 Å². The zero-order chi connectivity index (χ0) is 20.1. The summed E-state index contributed by atoms with van der Waals surface area (Å²) < 4.78 is 1.86. The molecule has 0 aliphatic carbocycles. The molecule has 0 fully saturated rings. The van der Waals surface area contributed by atoms with Crippen LogP contribution in [0.4, 0.5) is 0 Å². The highest BCUT2D eigenvalue weighted by atomic mass is 35.6. The lowest BCUT2D eigenvalue weighted by Crippen LogP contribution is -2.16. The normalized spacial score (nSPS) is 12.6. The van der Waals surface area contributed by atoms with Crippen LogP contribution in [0.1, 0.15) is 42.8 Å². The number of hydrogen-bond acceptors (Lipinski definition) is 4. The summed E-state index contributed by atoms with van der Waals surface area (Å²) in [6.45, 7) is 2.80. The molecule has 0 saturated heterocycles. The van der Waals surface area contributed by atoms with E-state index in [1.807, 2.05) is 24.3 Å². The summed E-state index contributed by atoms with van der Waals surface area (Å²) >= 11 is 35.1. The number of rotatable bonds is 6. The highest BCUT2D eigenvalue weighted by molar-refractivity contribution is 6.67. The summed E-state index contributed by atoms with van der Waals surface area (Å²) in [5, 5.41) is 0. The van der Waals surface area contributed by atoms with Gasteiger partial charge in [-0.1, -0.05) is 101 Å². The van der Waals surface area contributed by atoms with Crippen molar-refractivity contribution in [2.45, 2.75) is 27.4 Å². The molecule has 0 saturated carbocycles. The molecule has 0 aliphatic heterocycles. The molecule has 10 heteroatoms. The predicted octanol–water partition coefficient (Wildman–Crippen LogP) is 6.87. The first-order chi connectivity index (χ1) is 12.6. The Labute approximate surface area is 187 Å². The van der Waals surface area contributed by atoms with Crippen molar-refractivity contribution >= 4 is 81.8 Å². The van der Waals surface area contributed by atoms with Crippen molar-refractivity contribution in [2.75, 3.05) is 6.61 Å². The van der Waals surface area contributed by atoms with Crippen LogP contribution in [0.5, 0.6) is 5.75 Å². The van der Waals surface area contributed by atoms with Gasteiger partial charge in [-0.25, -0.2) is 15.0 Å². The molecule has 1 aromatic heterocycles. The summed E-state index contributed by atoms with van der Waals surface area (Å²) in [6, 6.07) is 7.54. The maximum Gasteiger partial charge on any atom is 0.250 e. The van der Waals surface area contributed by atoms with Crippen molar-refractivity contribution in [1.82, 2.24) is 15.0 Å². The molecular formula is C17H15Cl6N3O. The number of aromatic nitrogens is 3. The maximum absolute atomic E-state index is 5.85. The third kappa shape index (κ3) is 7.45. The molecule has 1 aromatic carbocycles. The van der Waals surface area contributed by atoms with Gasteiger partial charge in [-0.2, -0.15) is 0 Å². The Morgan fingerprint density at radius 1 is 0.852 bits per heavy atom. The van der Waals surface area contributed by atoms with Crippen LogP contribution in [0.2, 0.25) is 0 Å². The van der Waals surface area contributed by atoms with Gasteiger partial charge in [0.05, 0.1) is 6.61 Å². The van der Waals surface area contributed by atoms with Crippen LogP contribution in [0, 0.1) is 0 Å². The Morgan fingerprint density at radius 3 is 1.89 bits per heavy atom. The number of nitrogens with zero attached hydrogens (tertiary/aromatic N) is 3. The Kier molecular flexibility index (Phi) is 8.29. The standard InChI is InChI=1S/C17H15Cl6N3O/c1-2-3-10-27-12-7-4-11(5-8-12)6-9-13-24-14(16(18,19)20)26-15(25-13)17(21,22)23/h4-9H,2-3,10H2,1H3. The van der Waals surface area contributed by atoms with E-state index >= 15 is 0 Å². The molecule has 2 aromatic rings. The van der Waals surface area contributed by atoms with Crippen LogP contribution < -0.4 is 4.74 Å². The molecule has 1 heterocycles. The highest BCUT2D eigenvalue weighted by Crippen LogP contribution is 2.39. The summed E-state index contributed by atoms with van der Waals surface area (Å²) in [7, 11) is 0. The fourth-order valence-electron chi connectivity index (χ4n) is 1.90. The molecule has 0 aliphatic rings. The summed E-state index contributed by atoms with van der Waals surface area (Å²) in [5.41, 5.74) is 0.893. The molecular weight excluding hydrogens is 475 g/mol. The van der Waals surface area contributed by atoms with E-state index in [1.54, 1.807) is 12.2 Å². The Balaban J connectivity index is 2.22. The number of benzene rings is 1. The van der Waals surface area contributed by atoms with Crippen LogP contribution >= 0.6 is 69.6 Å².